The summed E-state index contributed by atoms with van der Waals surface area (Å²) in [4.78, 5) is 59.2. The van der Waals surface area contributed by atoms with E-state index in [-0.39, 0.29) is 50.4 Å². The Morgan fingerprint density at radius 1 is 0.485 bits per heavy atom. The van der Waals surface area contributed by atoms with Crippen LogP contribution in [0.25, 0.3) is 34.8 Å². The zero-order chi connectivity index (χ0) is 47.3. The number of allylic oxidation sites excluding steroid dienone is 3. The van der Waals surface area contributed by atoms with Gasteiger partial charge in [-0.2, -0.15) is 39.6 Å². The maximum atomic E-state index is 14.1. The summed E-state index contributed by atoms with van der Waals surface area (Å²) in [5.74, 6) is -7.34. The summed E-state index contributed by atoms with van der Waals surface area (Å²) in [7, 11) is -15.0. The SMILES string of the molecule is [N-]=[N+]=C1C=Cc2c(cccc2S(=O)(=O)Oc2ccc(C(=O)c3ccc(OS(=O)(=O)c4cccc5c4C=CC(=[N+]=[N-])C5=O)c(OS(=O)(=O)c4cccc5c4C=CC(=[N+]=[N-])C5=O)c3O)cc2)C1=O. The van der Waals surface area contributed by atoms with Gasteiger partial charge in [0.05, 0.1) is 5.56 Å². The molecule has 0 unspecified atom stereocenters. The molecule has 1 N–H and O–H groups in total. The molecule has 5 aromatic rings. The lowest BCUT2D eigenvalue weighted by molar-refractivity contribution is -0.00459. The summed E-state index contributed by atoms with van der Waals surface area (Å²) in [5.41, 5.74) is 24.4. The van der Waals surface area contributed by atoms with Gasteiger partial charge in [0.1, 0.15) is 20.4 Å². The van der Waals surface area contributed by atoms with Crippen molar-refractivity contribution in [3.63, 3.8) is 0 Å². The molecule has 23 heteroatoms. The van der Waals surface area contributed by atoms with Crippen LogP contribution in [0.3, 0.4) is 0 Å². The van der Waals surface area contributed by atoms with Gasteiger partial charge >= 0.3 is 47.5 Å². The van der Waals surface area contributed by atoms with E-state index in [0.29, 0.717) is 0 Å². The number of fused-ring (bicyclic) bond motifs is 3. The van der Waals surface area contributed by atoms with Crippen molar-refractivity contribution in [2.45, 2.75) is 14.7 Å². The van der Waals surface area contributed by atoms with E-state index in [1.807, 2.05) is 0 Å². The molecule has 0 amide bonds. The molecular formula is C43H22N6O14S3. The first-order chi connectivity index (χ1) is 31.4. The van der Waals surface area contributed by atoms with Gasteiger partial charge in [-0.25, -0.2) is 0 Å². The molecule has 5 aromatic carbocycles. The van der Waals surface area contributed by atoms with Crippen molar-refractivity contribution in [2.75, 3.05) is 0 Å². The van der Waals surface area contributed by atoms with Crippen molar-refractivity contribution in [2.24, 2.45) is 0 Å². The van der Waals surface area contributed by atoms with Crippen molar-refractivity contribution in [1.29, 1.82) is 0 Å². The van der Waals surface area contributed by atoms with Gasteiger partial charge < -0.3 is 34.2 Å². The molecule has 3 aliphatic rings. The molecule has 0 spiro atoms. The average molecular weight is 943 g/mol. The summed E-state index contributed by atoms with van der Waals surface area (Å²) in [5, 5.41) is 11.6. The maximum absolute atomic E-state index is 14.1. The van der Waals surface area contributed by atoms with Gasteiger partial charge in [0.25, 0.3) is 17.3 Å². The highest BCUT2D eigenvalue weighted by molar-refractivity contribution is 7.87. The Labute approximate surface area is 371 Å². The second-order valence-corrected chi connectivity index (χ2v) is 18.4. The van der Waals surface area contributed by atoms with Crippen molar-refractivity contribution in [3.05, 3.63) is 170 Å². The number of hydrogen-bond acceptors (Lipinski definition) is 14. The van der Waals surface area contributed by atoms with Crippen molar-refractivity contribution in [1.82, 2.24) is 0 Å². The number of phenolic OH excluding ortho intramolecular Hbond substituents is 1. The molecule has 8 rings (SSSR count). The van der Waals surface area contributed by atoms with Crippen LogP contribution in [0.4, 0.5) is 0 Å². The van der Waals surface area contributed by atoms with Gasteiger partial charge in [-0.05, 0) is 72.8 Å². The first-order valence-electron chi connectivity index (χ1n) is 18.5. The summed E-state index contributed by atoms with van der Waals surface area (Å²) < 4.78 is 98.7. The van der Waals surface area contributed by atoms with Crippen LogP contribution in [-0.4, -0.2) is 85.0 Å². The molecular weight excluding hydrogens is 921 g/mol. The van der Waals surface area contributed by atoms with Crippen molar-refractivity contribution in [3.8, 4) is 23.0 Å². The van der Waals surface area contributed by atoms with Crippen molar-refractivity contribution < 1.29 is 76.5 Å². The minimum atomic E-state index is -5.22. The number of phenols is 1. The van der Waals surface area contributed by atoms with Crippen LogP contribution in [0.2, 0.25) is 0 Å². The van der Waals surface area contributed by atoms with Gasteiger partial charge in [-0.3, -0.25) is 19.2 Å². The maximum Gasteiger partial charge on any atom is 0.362 e. The molecule has 0 fully saturated rings. The molecule has 0 saturated heterocycles. The zero-order valence-electron chi connectivity index (χ0n) is 32.8. The monoisotopic (exact) mass is 942 g/mol. The molecule has 0 bridgehead atoms. The fourth-order valence-electron chi connectivity index (χ4n) is 6.95. The van der Waals surface area contributed by atoms with Crippen LogP contribution in [0.15, 0.2) is 124 Å². The fourth-order valence-corrected chi connectivity index (χ4v) is 10.4. The normalized spacial score (nSPS) is 14.1. The van der Waals surface area contributed by atoms with Crippen LogP contribution in [0.5, 0.6) is 23.0 Å². The third-order valence-electron chi connectivity index (χ3n) is 10.0. The van der Waals surface area contributed by atoms with E-state index in [0.717, 1.165) is 85.0 Å². The molecule has 0 radical (unpaired) electrons. The summed E-state index contributed by atoms with van der Waals surface area (Å²) in [6, 6.07) is 16.6. The van der Waals surface area contributed by atoms with Crippen LogP contribution in [-0.2, 0) is 30.4 Å². The number of carbonyl (C=O) groups is 4. The Morgan fingerprint density at radius 2 is 0.879 bits per heavy atom. The number of benzene rings is 5. The smallest absolute Gasteiger partial charge is 0.362 e. The number of hydrogen-bond donors (Lipinski definition) is 1. The first kappa shape index (κ1) is 43.8. The Balaban J connectivity index is 1.16. The van der Waals surface area contributed by atoms with E-state index in [1.54, 1.807) is 0 Å². The first-order valence-corrected chi connectivity index (χ1v) is 22.7. The third kappa shape index (κ3) is 7.58. The molecule has 0 heterocycles. The molecule has 3 aliphatic carbocycles. The number of nitrogens with zero attached hydrogens (tertiary/aromatic N) is 6. The standard InChI is InChI=1S/C43H22N6O14S3/c44-47-31-18-14-24-27(39(31)51)4-1-7-35(24)64(55,56)61-23-12-10-22(11-13-23)38(50)30-17-21-34(62-65(57,58)36-8-2-5-28-25(36)15-19-32(48-45)40(28)52)43(42(30)54)63-66(59,60)37-9-3-6-29-26(37)16-20-33(49-46)41(29)53/h1-21,54H. The molecule has 326 valence electrons. The Morgan fingerprint density at radius 3 is 1.29 bits per heavy atom. The van der Waals surface area contributed by atoms with Crippen LogP contribution in [0.1, 0.15) is 63.7 Å². The summed E-state index contributed by atoms with van der Waals surface area (Å²) in [6.45, 7) is 0. The van der Waals surface area contributed by atoms with Gasteiger partial charge in [0, 0.05) is 57.2 Å². The summed E-state index contributed by atoms with van der Waals surface area (Å²) in [6.07, 6.45) is 6.68. The van der Waals surface area contributed by atoms with Crippen molar-refractivity contribution >= 4 is 88.9 Å². The third-order valence-corrected chi connectivity index (χ3v) is 13.9. The van der Waals surface area contributed by atoms with Gasteiger partial charge in [-0.15, -0.1) is 0 Å². The minimum Gasteiger partial charge on any atom is -0.504 e. The van der Waals surface area contributed by atoms with Gasteiger partial charge in [0.15, 0.2) is 17.3 Å². The molecule has 0 aliphatic heterocycles. The van der Waals surface area contributed by atoms with Crippen LogP contribution >= 0.6 is 0 Å². The molecule has 0 atom stereocenters. The van der Waals surface area contributed by atoms with Gasteiger partial charge in [-0.1, -0.05) is 36.4 Å². The highest BCUT2D eigenvalue weighted by Crippen LogP contribution is 2.44. The highest BCUT2D eigenvalue weighted by Gasteiger charge is 2.36. The Hall–Kier alpha value is -8.81. The quantitative estimate of drug-likeness (QED) is 0.0821. The Bertz CT molecular complexity index is 3710. The molecule has 0 aromatic heterocycles. The average Bonchev–Trinajstić information content (AvgIpc) is 3.30. The number of ketones is 4. The Kier molecular flexibility index (Phi) is 10.9. The second-order valence-electron chi connectivity index (χ2n) is 13.9. The summed E-state index contributed by atoms with van der Waals surface area (Å²) >= 11 is 0. The highest BCUT2D eigenvalue weighted by atomic mass is 32.2. The van der Waals surface area contributed by atoms with E-state index in [9.17, 15) is 60.6 Å². The topological polar surface area (TPSA) is 328 Å². The number of aromatic hydroxyl groups is 1. The molecule has 20 nitrogen and oxygen atoms in total. The minimum absolute atomic E-state index is 0.0403. The van der Waals surface area contributed by atoms with E-state index in [4.69, 9.17) is 18.1 Å². The van der Waals surface area contributed by atoms with E-state index in [1.165, 1.54) is 42.5 Å². The second kappa shape index (κ2) is 16.4. The lowest BCUT2D eigenvalue weighted by Crippen LogP contribution is -2.22. The molecule has 66 heavy (non-hydrogen) atoms. The predicted octanol–water partition coefficient (Wildman–Crippen LogP) is 4.57. The van der Waals surface area contributed by atoms with E-state index >= 15 is 0 Å². The number of rotatable bonds is 11. The van der Waals surface area contributed by atoms with E-state index in [2.05, 4.69) is 14.4 Å². The van der Waals surface area contributed by atoms with Gasteiger partial charge in [0.2, 0.25) is 5.75 Å². The van der Waals surface area contributed by atoms with Crippen LogP contribution in [0, 0.1) is 0 Å². The lowest BCUT2D eigenvalue weighted by atomic mass is 9.95. The predicted molar refractivity (Wildman–Crippen MR) is 227 cm³/mol. The lowest BCUT2D eigenvalue weighted by Gasteiger charge is -2.18. The molecule has 0 saturated carbocycles. The number of Topliss-reactive ketones (excluding diaryl/α,β-unsaturated/α-hetero) is 3. The van der Waals surface area contributed by atoms with E-state index < -0.39 is 102 Å². The fraction of sp³-hybridized carbons (Fsp3) is 0. The largest absolute Gasteiger partial charge is 0.504 e. The zero-order valence-corrected chi connectivity index (χ0v) is 35.2. The van der Waals surface area contributed by atoms with Crippen LogP contribution < -0.4 is 12.5 Å². The number of carbonyl (C=O) groups excluding carboxylic acids is 4.